The van der Waals surface area contributed by atoms with Crippen LogP contribution in [0.1, 0.15) is 30.9 Å². The molecule has 0 aliphatic carbocycles. The highest BCUT2D eigenvalue weighted by atomic mass is 16.7. The Morgan fingerprint density at radius 1 is 1.19 bits per heavy atom. The van der Waals surface area contributed by atoms with Crippen LogP contribution in [-0.2, 0) is 40.2 Å². The van der Waals surface area contributed by atoms with Gasteiger partial charge < -0.3 is 14.3 Å². The summed E-state index contributed by atoms with van der Waals surface area (Å²) in [5.41, 5.74) is 0.937. The van der Waals surface area contributed by atoms with E-state index in [4.69, 9.17) is 9.57 Å². The van der Waals surface area contributed by atoms with E-state index < -0.39 is 23.8 Å². The molecule has 1 heterocycles. The van der Waals surface area contributed by atoms with Gasteiger partial charge in [-0.2, -0.15) is 0 Å². The van der Waals surface area contributed by atoms with Crippen molar-refractivity contribution < 1.29 is 38.3 Å². The van der Waals surface area contributed by atoms with Gasteiger partial charge in [0.05, 0.1) is 0 Å². The van der Waals surface area contributed by atoms with Crippen LogP contribution in [0.3, 0.4) is 0 Å². The highest BCUT2D eigenvalue weighted by Gasteiger charge is 2.32. The number of carbonyl (C=O) groups is 5. The number of rotatable bonds is 7. The van der Waals surface area contributed by atoms with Crippen LogP contribution in [0.2, 0.25) is 0 Å². The van der Waals surface area contributed by atoms with E-state index in [1.54, 1.807) is 12.1 Å². The van der Waals surface area contributed by atoms with Crippen molar-refractivity contribution in [3.05, 3.63) is 35.4 Å². The fraction of sp³-hybridized carbons (Fsp3) is 0.235. The minimum Gasteiger partial charge on any atom is -0.463 e. The number of ether oxygens (including phenoxy) is 2. The zero-order valence-corrected chi connectivity index (χ0v) is 13.8. The Kier molecular flexibility index (Phi) is 6.20. The van der Waals surface area contributed by atoms with Gasteiger partial charge in [0.2, 0.25) is 0 Å². The molecule has 2 rings (SSSR count). The minimum atomic E-state index is -0.906. The third-order valence-corrected chi connectivity index (χ3v) is 3.25. The largest absolute Gasteiger partial charge is 0.463 e. The second kappa shape index (κ2) is 8.56. The number of esters is 1. The van der Waals surface area contributed by atoms with E-state index in [2.05, 4.69) is 4.74 Å². The molecule has 0 unspecified atom stereocenters. The van der Waals surface area contributed by atoms with Gasteiger partial charge in [-0.05, 0) is 17.7 Å². The van der Waals surface area contributed by atoms with Crippen LogP contribution >= 0.6 is 0 Å². The molecule has 1 aromatic rings. The monoisotopic (exact) mass is 361 g/mol. The summed E-state index contributed by atoms with van der Waals surface area (Å²) in [6, 6.07) is 4.60. The summed E-state index contributed by atoms with van der Waals surface area (Å²) in [5, 5.41) is 0.441. The van der Waals surface area contributed by atoms with Crippen molar-refractivity contribution in [2.75, 3.05) is 0 Å². The van der Waals surface area contributed by atoms with Gasteiger partial charge in [-0.1, -0.05) is 12.1 Å². The molecule has 0 spiro atoms. The summed E-state index contributed by atoms with van der Waals surface area (Å²) in [7, 11) is 0. The van der Waals surface area contributed by atoms with Crippen LogP contribution in [0.4, 0.5) is 0 Å². The average molecular weight is 361 g/mol. The number of hydrogen-bond donors (Lipinski definition) is 0. The highest BCUT2D eigenvalue weighted by molar-refractivity contribution is 6.02. The van der Waals surface area contributed by atoms with Crippen molar-refractivity contribution in [1.29, 1.82) is 0 Å². The predicted molar refractivity (Wildman–Crippen MR) is 84.8 cm³/mol. The number of nitrogens with zero attached hydrogens (tertiary/aromatic N) is 1. The van der Waals surface area contributed by atoms with E-state index in [0.717, 1.165) is 6.08 Å². The number of carbonyl (C=O) groups excluding carboxylic acids is 5. The summed E-state index contributed by atoms with van der Waals surface area (Å²) >= 11 is 0. The molecule has 9 heteroatoms. The summed E-state index contributed by atoms with van der Waals surface area (Å²) in [6.07, 6.45) is 2.38. The number of hydroxylamine groups is 2. The third-order valence-electron chi connectivity index (χ3n) is 3.25. The first-order valence-electron chi connectivity index (χ1n) is 7.53. The van der Waals surface area contributed by atoms with Gasteiger partial charge in [0.1, 0.15) is 12.4 Å². The smallest absolute Gasteiger partial charge is 0.356 e. The van der Waals surface area contributed by atoms with Crippen LogP contribution in [0.5, 0.6) is 5.75 Å². The zero-order valence-electron chi connectivity index (χ0n) is 13.8. The van der Waals surface area contributed by atoms with Crippen molar-refractivity contribution in [3.8, 4) is 5.75 Å². The number of benzene rings is 1. The van der Waals surface area contributed by atoms with Gasteiger partial charge >= 0.3 is 11.9 Å². The molecule has 0 N–H and O–H groups in total. The van der Waals surface area contributed by atoms with Gasteiger partial charge in [0.25, 0.3) is 18.3 Å². The van der Waals surface area contributed by atoms with E-state index in [-0.39, 0.29) is 31.7 Å². The SMILES string of the molecule is CC(=O)Oc1cc(/C=C/C(=O)ON2C(=O)CCC2=O)ccc1COC=O. The Bertz CT molecular complexity index is 767. The first kappa shape index (κ1) is 18.8. The molecule has 0 aromatic heterocycles. The molecule has 1 aromatic carbocycles. The molecule has 1 aliphatic heterocycles. The molecule has 1 saturated heterocycles. The topological polar surface area (TPSA) is 116 Å². The first-order valence-corrected chi connectivity index (χ1v) is 7.53. The molecular formula is C17H15NO8. The Morgan fingerprint density at radius 2 is 1.88 bits per heavy atom. The number of amides is 2. The molecule has 0 saturated carbocycles. The molecule has 2 amide bonds. The zero-order chi connectivity index (χ0) is 19.1. The van der Waals surface area contributed by atoms with Gasteiger partial charge in [0.15, 0.2) is 0 Å². The van der Waals surface area contributed by atoms with Crippen molar-refractivity contribution in [2.45, 2.75) is 26.4 Å². The molecule has 0 atom stereocenters. The van der Waals surface area contributed by atoms with Crippen LogP contribution in [0.15, 0.2) is 24.3 Å². The lowest BCUT2D eigenvalue weighted by atomic mass is 10.1. The van der Waals surface area contributed by atoms with Gasteiger partial charge in [-0.25, -0.2) is 4.79 Å². The minimum absolute atomic E-state index is 0.00585. The van der Waals surface area contributed by atoms with Crippen LogP contribution in [0, 0.1) is 0 Å². The maximum absolute atomic E-state index is 11.7. The van der Waals surface area contributed by atoms with Crippen molar-refractivity contribution in [1.82, 2.24) is 5.06 Å². The molecule has 136 valence electrons. The first-order chi connectivity index (χ1) is 12.4. The van der Waals surface area contributed by atoms with Gasteiger partial charge in [-0.3, -0.25) is 19.2 Å². The van der Waals surface area contributed by atoms with Crippen molar-refractivity contribution in [3.63, 3.8) is 0 Å². The fourth-order valence-corrected chi connectivity index (χ4v) is 2.11. The lowest BCUT2D eigenvalue weighted by molar-refractivity contribution is -0.193. The Morgan fingerprint density at radius 3 is 2.50 bits per heavy atom. The molecule has 26 heavy (non-hydrogen) atoms. The van der Waals surface area contributed by atoms with Crippen molar-refractivity contribution in [2.24, 2.45) is 0 Å². The standard InChI is InChI=1S/C17H15NO8/c1-11(20)25-14-8-12(2-4-13(14)9-24-10-19)3-7-17(23)26-18-15(21)5-6-16(18)22/h2-4,7-8,10H,5-6,9H2,1H3/b7-3+. The Labute approximate surface area is 148 Å². The second-order valence-electron chi connectivity index (χ2n) is 5.19. The summed E-state index contributed by atoms with van der Waals surface area (Å²) < 4.78 is 9.68. The third kappa shape index (κ3) is 5.00. The molecule has 9 nitrogen and oxygen atoms in total. The normalized spacial score (nSPS) is 13.8. The summed E-state index contributed by atoms with van der Waals surface area (Å²) in [6.45, 7) is 1.40. The van der Waals surface area contributed by atoms with E-state index in [1.807, 2.05) is 0 Å². The average Bonchev–Trinajstić information content (AvgIpc) is 2.90. The van der Waals surface area contributed by atoms with E-state index >= 15 is 0 Å². The molecular weight excluding hydrogens is 346 g/mol. The lowest BCUT2D eigenvalue weighted by Gasteiger charge is -2.11. The summed E-state index contributed by atoms with van der Waals surface area (Å²) in [4.78, 5) is 60.7. The maximum atomic E-state index is 11.7. The predicted octanol–water partition coefficient (Wildman–Crippen LogP) is 0.905. The quantitative estimate of drug-likeness (QED) is 0.231. The molecule has 1 aliphatic rings. The molecule has 0 bridgehead atoms. The lowest BCUT2D eigenvalue weighted by Crippen LogP contribution is -2.31. The Hall–Kier alpha value is -3.49. The molecule has 0 radical (unpaired) electrons. The van der Waals surface area contributed by atoms with Crippen molar-refractivity contribution >= 4 is 36.3 Å². The highest BCUT2D eigenvalue weighted by Crippen LogP contribution is 2.22. The van der Waals surface area contributed by atoms with E-state index in [9.17, 15) is 24.0 Å². The Balaban J connectivity index is 2.09. The number of hydrogen-bond acceptors (Lipinski definition) is 8. The molecule has 1 fully saturated rings. The van der Waals surface area contributed by atoms with Gasteiger partial charge in [0, 0.05) is 31.4 Å². The number of imide groups is 1. The maximum Gasteiger partial charge on any atom is 0.356 e. The fourth-order valence-electron chi connectivity index (χ4n) is 2.11. The van der Waals surface area contributed by atoms with Crippen LogP contribution in [0.25, 0.3) is 6.08 Å². The van der Waals surface area contributed by atoms with E-state index in [1.165, 1.54) is 19.1 Å². The van der Waals surface area contributed by atoms with E-state index in [0.29, 0.717) is 16.2 Å². The van der Waals surface area contributed by atoms with Gasteiger partial charge in [-0.15, -0.1) is 5.06 Å². The second-order valence-corrected chi connectivity index (χ2v) is 5.19. The summed E-state index contributed by atoms with van der Waals surface area (Å²) in [5.74, 6) is -2.46. The van der Waals surface area contributed by atoms with Crippen LogP contribution < -0.4 is 4.74 Å². The van der Waals surface area contributed by atoms with Crippen LogP contribution in [-0.4, -0.2) is 35.3 Å².